The lowest BCUT2D eigenvalue weighted by Crippen LogP contribution is -2.50. The van der Waals surface area contributed by atoms with Crippen LogP contribution in [-0.4, -0.2) is 17.0 Å². The maximum Gasteiger partial charge on any atom is 0.174 e. The van der Waals surface area contributed by atoms with Gasteiger partial charge in [-0.05, 0) is 85.0 Å². The second-order valence-electron chi connectivity index (χ2n) is 8.87. The number of carbonyl (C=O) groups is 1. The van der Waals surface area contributed by atoms with Crippen LogP contribution >= 0.6 is 11.6 Å². The average Bonchev–Trinajstić information content (AvgIpc) is 3.16. The molecule has 0 radical (unpaired) electrons. The molecule has 5 rings (SSSR count). The van der Waals surface area contributed by atoms with Crippen LogP contribution < -0.4 is 0 Å². The molecular weight excluding hydrogens is 296 g/mol. The van der Waals surface area contributed by atoms with E-state index in [1.54, 1.807) is 0 Å². The van der Waals surface area contributed by atoms with Crippen molar-refractivity contribution >= 4 is 17.4 Å². The molecule has 0 aliphatic heterocycles. The number of halogens is 1. The van der Waals surface area contributed by atoms with E-state index >= 15 is 0 Å². The Labute approximate surface area is 137 Å². The van der Waals surface area contributed by atoms with E-state index in [4.69, 9.17) is 11.6 Å². The van der Waals surface area contributed by atoms with Crippen molar-refractivity contribution in [1.29, 1.82) is 0 Å². The fraction of sp³-hybridized carbons (Fsp3) is 0.842. The van der Waals surface area contributed by atoms with Gasteiger partial charge in [0.1, 0.15) is 0 Å². The van der Waals surface area contributed by atoms with E-state index in [0.717, 1.165) is 31.1 Å². The Morgan fingerprint density at radius 1 is 1.23 bits per heavy atom. The van der Waals surface area contributed by atoms with Crippen LogP contribution in [-0.2, 0) is 4.79 Å². The van der Waals surface area contributed by atoms with Crippen LogP contribution in [0, 0.1) is 34.5 Å². The number of carbonyl (C=O) groups excluding carboxylic acids is 1. The first-order valence-corrected chi connectivity index (χ1v) is 9.46. The van der Waals surface area contributed by atoms with Crippen LogP contribution in [0.2, 0.25) is 0 Å². The van der Waals surface area contributed by atoms with Crippen molar-refractivity contribution in [2.75, 3.05) is 0 Å². The predicted octanol–water partition coefficient (Wildman–Crippen LogP) is 4.06. The second-order valence-corrected chi connectivity index (χ2v) is 9.24. The van der Waals surface area contributed by atoms with Gasteiger partial charge in [-0.15, -0.1) is 0 Å². The van der Waals surface area contributed by atoms with Gasteiger partial charge in [0.15, 0.2) is 5.78 Å². The minimum atomic E-state index is -0.0827. The molecule has 0 bridgehead atoms. The van der Waals surface area contributed by atoms with Crippen LogP contribution in [0.15, 0.2) is 10.6 Å². The van der Waals surface area contributed by atoms with Crippen molar-refractivity contribution in [3.05, 3.63) is 10.6 Å². The lowest BCUT2D eigenvalue weighted by Gasteiger charge is -2.55. The summed E-state index contributed by atoms with van der Waals surface area (Å²) >= 11 is 6.37. The molecule has 0 unspecified atom stereocenters. The van der Waals surface area contributed by atoms with Crippen LogP contribution in [0.3, 0.4) is 0 Å². The molecule has 0 saturated heterocycles. The van der Waals surface area contributed by atoms with E-state index in [0.29, 0.717) is 28.7 Å². The summed E-state index contributed by atoms with van der Waals surface area (Å²) in [5.74, 6) is 2.98. The normalized spacial score (nSPS) is 56.1. The summed E-state index contributed by atoms with van der Waals surface area (Å²) in [5.41, 5.74) is 1.87. The van der Waals surface area contributed by atoms with Gasteiger partial charge in [-0.1, -0.05) is 18.5 Å². The Bertz CT molecular complexity index is 596. The fourth-order valence-electron chi connectivity index (χ4n) is 7.45. The number of aliphatic hydroxyl groups is 1. The van der Waals surface area contributed by atoms with Crippen molar-refractivity contribution < 1.29 is 9.90 Å². The van der Waals surface area contributed by atoms with Crippen molar-refractivity contribution in [1.82, 2.24) is 0 Å². The van der Waals surface area contributed by atoms with E-state index in [9.17, 15) is 9.90 Å². The largest absolute Gasteiger partial charge is 0.393 e. The van der Waals surface area contributed by atoms with Gasteiger partial charge in [0.2, 0.25) is 0 Å². The van der Waals surface area contributed by atoms with Gasteiger partial charge in [-0.25, -0.2) is 0 Å². The van der Waals surface area contributed by atoms with Crippen LogP contribution in [0.4, 0.5) is 0 Å². The van der Waals surface area contributed by atoms with Gasteiger partial charge in [0.25, 0.3) is 0 Å². The zero-order chi connectivity index (χ0) is 15.3. The average molecular weight is 321 g/mol. The highest BCUT2D eigenvalue weighted by Gasteiger charge is 2.76. The Hall–Kier alpha value is -0.340. The maximum atomic E-state index is 11.9. The first-order chi connectivity index (χ1) is 10.5. The molecule has 5 aliphatic carbocycles. The molecule has 2 nitrogen and oxygen atoms in total. The molecule has 0 amide bonds. The summed E-state index contributed by atoms with van der Waals surface area (Å²) < 4.78 is 0. The van der Waals surface area contributed by atoms with Crippen molar-refractivity contribution in [2.45, 2.75) is 64.4 Å². The summed E-state index contributed by atoms with van der Waals surface area (Å²) in [5, 5.41) is 11.2. The third-order valence-electron chi connectivity index (χ3n) is 8.53. The molecule has 0 heterocycles. The van der Waals surface area contributed by atoms with Crippen LogP contribution in [0.1, 0.15) is 58.3 Å². The Morgan fingerprint density at radius 2 is 2.05 bits per heavy atom. The van der Waals surface area contributed by atoms with Crippen LogP contribution in [0.25, 0.3) is 0 Å². The highest BCUT2D eigenvalue weighted by atomic mass is 35.5. The first kappa shape index (κ1) is 14.0. The number of aliphatic hydroxyl groups excluding tert-OH is 1. The summed E-state index contributed by atoms with van der Waals surface area (Å²) in [6, 6.07) is 0. The quantitative estimate of drug-likeness (QED) is 0.731. The molecular formula is C19H25ClO2. The molecule has 1 N–H and O–H groups in total. The molecule has 0 aromatic carbocycles. The fourth-order valence-corrected chi connectivity index (χ4v) is 7.78. The van der Waals surface area contributed by atoms with Gasteiger partial charge in [0, 0.05) is 6.42 Å². The van der Waals surface area contributed by atoms with Gasteiger partial charge in [-0.2, -0.15) is 0 Å². The Morgan fingerprint density at radius 3 is 2.86 bits per heavy atom. The molecule has 3 heteroatoms. The number of hydrogen-bond donors (Lipinski definition) is 1. The van der Waals surface area contributed by atoms with E-state index in [1.165, 1.54) is 31.3 Å². The lowest BCUT2D eigenvalue weighted by molar-refractivity contribution is -0.117. The summed E-state index contributed by atoms with van der Waals surface area (Å²) in [6.45, 7) is 2.36. The summed E-state index contributed by atoms with van der Waals surface area (Å²) in [4.78, 5) is 11.9. The number of ketones is 1. The molecule has 4 fully saturated rings. The smallest absolute Gasteiger partial charge is 0.174 e. The number of allylic oxidation sites excluding steroid dienone is 1. The maximum absolute atomic E-state index is 11.9. The molecule has 4 saturated carbocycles. The van der Waals surface area contributed by atoms with E-state index < -0.39 is 0 Å². The molecule has 0 aromatic rings. The molecule has 7 atom stereocenters. The number of rotatable bonds is 0. The van der Waals surface area contributed by atoms with Gasteiger partial charge in [0.05, 0.1) is 11.1 Å². The highest BCUT2D eigenvalue weighted by molar-refractivity contribution is 6.43. The topological polar surface area (TPSA) is 37.3 Å². The number of fused-ring (bicyclic) bond motifs is 3. The number of Topliss-reactive ketones (excluding diaryl/α,β-unsaturated/α-hetero) is 1. The van der Waals surface area contributed by atoms with E-state index in [-0.39, 0.29) is 17.3 Å². The predicted molar refractivity (Wildman–Crippen MR) is 85.3 cm³/mol. The SMILES string of the molecule is C[C@]12CC[C@H]3[C@@H](CCC4=C(Cl)C(=O)CC[C@@H]43)[C@]13C[C@@H]3C[C@H]2O. The first-order valence-electron chi connectivity index (χ1n) is 9.09. The number of hydrogen-bond acceptors (Lipinski definition) is 2. The lowest BCUT2D eigenvalue weighted by atomic mass is 9.49. The minimum absolute atomic E-state index is 0.0827. The third kappa shape index (κ3) is 1.41. The van der Waals surface area contributed by atoms with Crippen molar-refractivity contribution in [3.8, 4) is 0 Å². The second kappa shape index (κ2) is 4.19. The van der Waals surface area contributed by atoms with Crippen LogP contribution in [0.5, 0.6) is 0 Å². The highest BCUT2D eigenvalue weighted by Crippen LogP contribution is 2.81. The Kier molecular flexibility index (Phi) is 2.67. The Balaban J connectivity index is 1.54. The third-order valence-corrected chi connectivity index (χ3v) is 8.99. The van der Waals surface area contributed by atoms with Crippen molar-refractivity contribution in [2.24, 2.45) is 34.5 Å². The van der Waals surface area contributed by atoms with E-state index in [1.807, 2.05) is 0 Å². The van der Waals surface area contributed by atoms with Gasteiger partial charge < -0.3 is 5.11 Å². The molecule has 5 aliphatic rings. The monoisotopic (exact) mass is 320 g/mol. The standard InChI is InChI=1S/C19H25ClO2/c1-18-7-6-12-11-3-5-15(21)17(20)13(11)2-4-14(12)19(18)9-10(19)8-16(18)22/h10-12,14,16,22H,2-9H2,1H3/t10-,11+,12+,14+,16+,18+,19+/m0/s1. The molecule has 1 spiro atoms. The van der Waals surface area contributed by atoms with Crippen molar-refractivity contribution in [3.63, 3.8) is 0 Å². The summed E-state index contributed by atoms with van der Waals surface area (Å²) in [6.07, 6.45) is 8.57. The zero-order valence-electron chi connectivity index (χ0n) is 13.3. The molecule has 22 heavy (non-hydrogen) atoms. The molecule has 120 valence electrons. The van der Waals surface area contributed by atoms with E-state index in [2.05, 4.69) is 6.92 Å². The molecule has 0 aromatic heterocycles. The van der Waals surface area contributed by atoms with Gasteiger partial charge >= 0.3 is 0 Å². The zero-order valence-corrected chi connectivity index (χ0v) is 14.0. The van der Waals surface area contributed by atoms with Gasteiger partial charge in [-0.3, -0.25) is 4.79 Å². The minimum Gasteiger partial charge on any atom is -0.393 e. The summed E-state index contributed by atoms with van der Waals surface area (Å²) in [7, 11) is 0.